The number of aromatic nitrogens is 2. The summed E-state index contributed by atoms with van der Waals surface area (Å²) in [7, 11) is 0. The average molecular weight is 491 g/mol. The van der Waals surface area contributed by atoms with Gasteiger partial charge in [-0.25, -0.2) is 9.98 Å². The van der Waals surface area contributed by atoms with Gasteiger partial charge in [0.15, 0.2) is 0 Å². The van der Waals surface area contributed by atoms with Crippen molar-refractivity contribution in [2.24, 2.45) is 10.9 Å². The molecule has 1 unspecified atom stereocenters. The SMILES string of the molecule is C=Cc1ccc(C2=CN3C(=CCC(C)C=C3c3ccc(-c4cnc(C5CC5)[nH]4)cc3)C(SC)=N2)cc1. The van der Waals surface area contributed by atoms with Crippen molar-refractivity contribution in [2.75, 3.05) is 6.26 Å². The smallest absolute Gasteiger partial charge is 0.120 e. The van der Waals surface area contributed by atoms with E-state index in [1.807, 2.05) is 12.3 Å². The molecule has 180 valence electrons. The van der Waals surface area contributed by atoms with Gasteiger partial charge in [-0.05, 0) is 48.1 Å². The van der Waals surface area contributed by atoms with Gasteiger partial charge < -0.3 is 9.88 Å². The number of thioether (sulfide) groups is 1. The van der Waals surface area contributed by atoms with Crippen molar-refractivity contribution in [2.45, 2.75) is 32.1 Å². The molecule has 1 aliphatic carbocycles. The number of hydrogen-bond acceptors (Lipinski definition) is 4. The van der Waals surface area contributed by atoms with Gasteiger partial charge in [-0.3, -0.25) is 0 Å². The van der Waals surface area contributed by atoms with E-state index >= 15 is 0 Å². The Morgan fingerprint density at radius 2 is 1.72 bits per heavy atom. The van der Waals surface area contributed by atoms with Gasteiger partial charge >= 0.3 is 0 Å². The molecule has 1 fully saturated rings. The molecular formula is C31H30N4S. The number of allylic oxidation sites excluding steroid dienone is 2. The third kappa shape index (κ3) is 4.40. The number of H-pyrrole nitrogens is 1. The molecule has 1 atom stereocenters. The number of rotatable bonds is 5. The summed E-state index contributed by atoms with van der Waals surface area (Å²) >= 11 is 1.70. The van der Waals surface area contributed by atoms with Crippen LogP contribution in [0.5, 0.6) is 0 Å². The standard InChI is InChI=1S/C31H30N4S/c1-4-21-6-8-23(9-7-21)27-19-35-28(31(34-27)36-3)16-5-20(2)17-29(35)24-12-10-22(11-13-24)26-18-32-30(33-26)25-14-15-25/h4,6-13,16-20,25H,1,5,14-15H2,2-3H3,(H,32,33). The Morgan fingerprint density at radius 3 is 2.42 bits per heavy atom. The highest BCUT2D eigenvalue weighted by Crippen LogP contribution is 2.40. The summed E-state index contributed by atoms with van der Waals surface area (Å²) in [6.45, 7) is 6.16. The fraction of sp³-hybridized carbons (Fsp3) is 0.226. The molecular weight excluding hydrogens is 460 g/mol. The largest absolute Gasteiger partial charge is 0.342 e. The highest BCUT2D eigenvalue weighted by Gasteiger charge is 2.28. The van der Waals surface area contributed by atoms with Crippen molar-refractivity contribution in [1.82, 2.24) is 14.9 Å². The molecule has 3 aromatic rings. The first-order chi connectivity index (χ1) is 17.6. The van der Waals surface area contributed by atoms with E-state index in [0.29, 0.717) is 11.8 Å². The summed E-state index contributed by atoms with van der Waals surface area (Å²) in [4.78, 5) is 15.5. The Balaban J connectivity index is 1.37. The molecule has 4 nitrogen and oxygen atoms in total. The van der Waals surface area contributed by atoms with Crippen LogP contribution >= 0.6 is 11.8 Å². The summed E-state index contributed by atoms with van der Waals surface area (Å²) in [6, 6.07) is 17.3. The van der Waals surface area contributed by atoms with Crippen molar-refractivity contribution in [3.05, 3.63) is 108 Å². The van der Waals surface area contributed by atoms with Crippen molar-refractivity contribution in [3.63, 3.8) is 0 Å². The molecule has 3 heterocycles. The number of fused-ring (bicyclic) bond motifs is 1. The first kappa shape index (κ1) is 22.9. The van der Waals surface area contributed by atoms with Crippen LogP contribution in [-0.2, 0) is 0 Å². The summed E-state index contributed by atoms with van der Waals surface area (Å²) in [6.07, 6.45) is 16.3. The quantitative estimate of drug-likeness (QED) is 0.395. The lowest BCUT2D eigenvalue weighted by molar-refractivity contribution is 0.689. The molecule has 1 N–H and O–H groups in total. The van der Waals surface area contributed by atoms with Gasteiger partial charge in [0.1, 0.15) is 10.9 Å². The normalized spacial score (nSPS) is 19.5. The topological polar surface area (TPSA) is 44.3 Å². The second kappa shape index (κ2) is 9.47. The molecule has 1 aromatic heterocycles. The second-order valence-corrected chi connectivity index (χ2v) is 10.5. The molecule has 5 heteroatoms. The van der Waals surface area contributed by atoms with E-state index in [2.05, 4.69) is 102 Å². The maximum absolute atomic E-state index is 5.05. The molecule has 2 aliphatic heterocycles. The van der Waals surface area contributed by atoms with E-state index in [0.717, 1.165) is 45.5 Å². The first-order valence-corrected chi connectivity index (χ1v) is 13.8. The Hall–Kier alpha value is -3.57. The fourth-order valence-corrected chi connectivity index (χ4v) is 5.35. The zero-order chi connectivity index (χ0) is 24.6. The Kier molecular flexibility index (Phi) is 6.02. The van der Waals surface area contributed by atoms with Gasteiger partial charge in [-0.2, -0.15) is 0 Å². The highest BCUT2D eigenvalue weighted by molar-refractivity contribution is 8.13. The molecule has 1 saturated carbocycles. The molecule has 6 rings (SSSR count). The van der Waals surface area contributed by atoms with Gasteiger partial charge in [-0.1, -0.05) is 80.3 Å². The number of nitrogens with one attached hydrogen (secondary N) is 1. The number of hydrogen-bond donors (Lipinski definition) is 1. The third-order valence-electron chi connectivity index (χ3n) is 7.02. The van der Waals surface area contributed by atoms with Crippen LogP contribution in [0.2, 0.25) is 0 Å². The van der Waals surface area contributed by atoms with Crippen LogP contribution in [0.4, 0.5) is 0 Å². The Bertz CT molecular complexity index is 1420. The van der Waals surface area contributed by atoms with Crippen molar-refractivity contribution in [3.8, 4) is 11.3 Å². The van der Waals surface area contributed by atoms with Gasteiger partial charge in [0.05, 0.1) is 23.3 Å². The monoisotopic (exact) mass is 490 g/mol. The first-order valence-electron chi connectivity index (χ1n) is 12.6. The molecule has 3 aliphatic rings. The van der Waals surface area contributed by atoms with E-state index in [1.54, 1.807) is 11.8 Å². The zero-order valence-corrected chi connectivity index (χ0v) is 21.6. The van der Waals surface area contributed by atoms with E-state index in [9.17, 15) is 0 Å². The molecule has 0 saturated heterocycles. The van der Waals surface area contributed by atoms with Crippen LogP contribution in [0.1, 0.15) is 54.6 Å². The lowest BCUT2D eigenvalue weighted by Gasteiger charge is -2.30. The average Bonchev–Trinajstić information content (AvgIpc) is 3.69. The van der Waals surface area contributed by atoms with Crippen molar-refractivity contribution >= 4 is 34.3 Å². The van der Waals surface area contributed by atoms with E-state index in [1.165, 1.54) is 29.7 Å². The van der Waals surface area contributed by atoms with Gasteiger partial charge in [0.2, 0.25) is 0 Å². The van der Waals surface area contributed by atoms with E-state index in [-0.39, 0.29) is 0 Å². The molecule has 0 amide bonds. The number of aromatic amines is 1. The van der Waals surface area contributed by atoms with Gasteiger partial charge in [-0.15, -0.1) is 11.8 Å². The molecule has 0 spiro atoms. The van der Waals surface area contributed by atoms with Gasteiger partial charge in [0.25, 0.3) is 0 Å². The minimum Gasteiger partial charge on any atom is -0.342 e. The Morgan fingerprint density at radius 1 is 1.00 bits per heavy atom. The minimum absolute atomic E-state index is 0.429. The maximum Gasteiger partial charge on any atom is 0.120 e. The number of benzene rings is 2. The number of aliphatic imine (C=N–C) groups is 1. The summed E-state index contributed by atoms with van der Waals surface area (Å²) in [5, 5.41) is 1.04. The summed E-state index contributed by atoms with van der Waals surface area (Å²) in [5.74, 6) is 2.18. The van der Waals surface area contributed by atoms with Crippen LogP contribution in [0.15, 0.2) is 90.3 Å². The molecule has 36 heavy (non-hydrogen) atoms. The maximum atomic E-state index is 5.05. The number of nitrogens with zero attached hydrogens (tertiary/aromatic N) is 3. The molecule has 0 bridgehead atoms. The van der Waals surface area contributed by atoms with Crippen molar-refractivity contribution in [1.29, 1.82) is 0 Å². The Labute approximate surface area is 217 Å². The highest BCUT2D eigenvalue weighted by atomic mass is 32.2. The number of imidazole rings is 1. The lowest BCUT2D eigenvalue weighted by Crippen LogP contribution is -2.23. The second-order valence-electron chi connectivity index (χ2n) is 9.72. The predicted octanol–water partition coefficient (Wildman–Crippen LogP) is 7.94. The molecule has 0 radical (unpaired) electrons. The predicted molar refractivity (Wildman–Crippen MR) is 153 cm³/mol. The zero-order valence-electron chi connectivity index (χ0n) is 20.7. The lowest BCUT2D eigenvalue weighted by atomic mass is 10.0. The summed E-state index contributed by atoms with van der Waals surface area (Å²) < 4.78 is 0. The van der Waals surface area contributed by atoms with Gasteiger partial charge in [0, 0.05) is 23.4 Å². The van der Waals surface area contributed by atoms with Crippen LogP contribution < -0.4 is 0 Å². The summed E-state index contributed by atoms with van der Waals surface area (Å²) in [5.41, 5.74) is 8.99. The van der Waals surface area contributed by atoms with Crippen LogP contribution in [0, 0.1) is 5.92 Å². The third-order valence-corrected chi connectivity index (χ3v) is 7.71. The van der Waals surface area contributed by atoms with Crippen LogP contribution in [0.3, 0.4) is 0 Å². The fourth-order valence-electron chi connectivity index (χ4n) is 4.77. The van der Waals surface area contributed by atoms with E-state index in [4.69, 9.17) is 4.99 Å². The molecule has 2 aromatic carbocycles. The van der Waals surface area contributed by atoms with Crippen LogP contribution in [-0.4, -0.2) is 26.2 Å². The van der Waals surface area contributed by atoms with E-state index < -0.39 is 0 Å². The van der Waals surface area contributed by atoms with Crippen molar-refractivity contribution < 1.29 is 0 Å². The van der Waals surface area contributed by atoms with Crippen LogP contribution in [0.25, 0.3) is 28.7 Å². The minimum atomic E-state index is 0.429.